The standard InChI is InChI=1S/C10H19N3O3/c1-7-6-13(3-2-4-16-7)10(15)8(11)5-9(12)14/h7-8H,2-6,11H2,1H3,(H2,12,14). The lowest BCUT2D eigenvalue weighted by atomic mass is 10.1. The average molecular weight is 229 g/mol. The zero-order chi connectivity index (χ0) is 12.1. The molecule has 1 saturated heterocycles. The molecule has 0 bridgehead atoms. The topological polar surface area (TPSA) is 98.6 Å². The van der Waals surface area contributed by atoms with Crippen molar-refractivity contribution in [2.75, 3.05) is 19.7 Å². The Morgan fingerprint density at radius 1 is 1.56 bits per heavy atom. The summed E-state index contributed by atoms with van der Waals surface area (Å²) >= 11 is 0. The molecule has 6 heteroatoms. The minimum absolute atomic E-state index is 0.00669. The first-order valence-electron chi connectivity index (χ1n) is 5.45. The summed E-state index contributed by atoms with van der Waals surface area (Å²) in [6, 6.07) is -0.831. The fourth-order valence-corrected chi connectivity index (χ4v) is 1.73. The van der Waals surface area contributed by atoms with Crippen LogP contribution in [0.15, 0.2) is 0 Å². The first-order valence-corrected chi connectivity index (χ1v) is 5.45. The zero-order valence-corrected chi connectivity index (χ0v) is 9.52. The normalized spacial score (nSPS) is 23.6. The van der Waals surface area contributed by atoms with Gasteiger partial charge in [-0.25, -0.2) is 0 Å². The van der Waals surface area contributed by atoms with Crippen LogP contribution in [0.2, 0.25) is 0 Å². The van der Waals surface area contributed by atoms with Gasteiger partial charge in [-0.05, 0) is 13.3 Å². The molecule has 1 fully saturated rings. The summed E-state index contributed by atoms with van der Waals surface area (Å²) in [5.41, 5.74) is 10.6. The van der Waals surface area contributed by atoms with E-state index in [0.717, 1.165) is 6.42 Å². The van der Waals surface area contributed by atoms with E-state index in [9.17, 15) is 9.59 Å². The minimum atomic E-state index is -0.831. The van der Waals surface area contributed by atoms with E-state index in [1.807, 2.05) is 6.92 Å². The van der Waals surface area contributed by atoms with Crippen LogP contribution in [-0.4, -0.2) is 48.6 Å². The van der Waals surface area contributed by atoms with Crippen molar-refractivity contribution < 1.29 is 14.3 Å². The van der Waals surface area contributed by atoms with Gasteiger partial charge in [-0.1, -0.05) is 0 Å². The third-order valence-electron chi connectivity index (χ3n) is 2.50. The van der Waals surface area contributed by atoms with E-state index >= 15 is 0 Å². The Labute approximate surface area is 94.9 Å². The Morgan fingerprint density at radius 2 is 2.25 bits per heavy atom. The third-order valence-corrected chi connectivity index (χ3v) is 2.50. The second kappa shape index (κ2) is 5.81. The summed E-state index contributed by atoms with van der Waals surface area (Å²) in [7, 11) is 0. The van der Waals surface area contributed by atoms with E-state index < -0.39 is 11.9 Å². The lowest BCUT2D eigenvalue weighted by molar-refractivity contribution is -0.135. The maximum atomic E-state index is 11.9. The Bertz CT molecular complexity index is 270. The molecule has 2 unspecified atom stereocenters. The van der Waals surface area contributed by atoms with Gasteiger partial charge in [0.05, 0.1) is 18.6 Å². The highest BCUT2D eigenvalue weighted by atomic mass is 16.5. The van der Waals surface area contributed by atoms with E-state index in [1.165, 1.54) is 0 Å². The molecule has 0 aromatic rings. The largest absolute Gasteiger partial charge is 0.377 e. The molecule has 6 nitrogen and oxygen atoms in total. The molecule has 1 rings (SSSR count). The van der Waals surface area contributed by atoms with Gasteiger partial charge in [0.15, 0.2) is 0 Å². The van der Waals surface area contributed by atoms with Crippen LogP contribution < -0.4 is 11.5 Å². The molecular formula is C10H19N3O3. The van der Waals surface area contributed by atoms with Crippen LogP contribution in [0.3, 0.4) is 0 Å². The van der Waals surface area contributed by atoms with Gasteiger partial charge in [-0.3, -0.25) is 9.59 Å². The first-order chi connectivity index (χ1) is 7.50. The van der Waals surface area contributed by atoms with Gasteiger partial charge < -0.3 is 21.1 Å². The number of hydrogen-bond donors (Lipinski definition) is 2. The summed E-state index contributed by atoms with van der Waals surface area (Å²) in [5.74, 6) is -0.781. The molecule has 0 aromatic heterocycles. The van der Waals surface area contributed by atoms with Crippen molar-refractivity contribution in [3.63, 3.8) is 0 Å². The highest BCUT2D eigenvalue weighted by Crippen LogP contribution is 2.07. The summed E-state index contributed by atoms with van der Waals surface area (Å²) in [6.07, 6.45) is 0.691. The monoisotopic (exact) mass is 229 g/mol. The summed E-state index contributed by atoms with van der Waals surface area (Å²) < 4.78 is 5.42. The van der Waals surface area contributed by atoms with Gasteiger partial charge in [-0.2, -0.15) is 0 Å². The van der Waals surface area contributed by atoms with Crippen LogP contribution in [-0.2, 0) is 14.3 Å². The van der Waals surface area contributed by atoms with Crippen molar-refractivity contribution in [1.29, 1.82) is 0 Å². The van der Waals surface area contributed by atoms with Gasteiger partial charge >= 0.3 is 0 Å². The van der Waals surface area contributed by atoms with Gasteiger partial charge in [0.1, 0.15) is 0 Å². The lowest BCUT2D eigenvalue weighted by Gasteiger charge is -2.24. The number of hydrogen-bond acceptors (Lipinski definition) is 4. The fraction of sp³-hybridized carbons (Fsp3) is 0.800. The fourth-order valence-electron chi connectivity index (χ4n) is 1.73. The predicted octanol–water partition coefficient (Wildman–Crippen LogP) is -1.17. The Hall–Kier alpha value is -1.14. The first kappa shape index (κ1) is 12.9. The molecule has 2 atom stereocenters. The van der Waals surface area contributed by atoms with E-state index in [-0.39, 0.29) is 18.4 Å². The molecule has 0 aliphatic carbocycles. The highest BCUT2D eigenvalue weighted by Gasteiger charge is 2.25. The molecular weight excluding hydrogens is 210 g/mol. The predicted molar refractivity (Wildman–Crippen MR) is 58.4 cm³/mol. The molecule has 92 valence electrons. The average Bonchev–Trinajstić information content (AvgIpc) is 2.40. The van der Waals surface area contributed by atoms with Crippen LogP contribution in [0.4, 0.5) is 0 Å². The van der Waals surface area contributed by atoms with Crippen molar-refractivity contribution in [2.24, 2.45) is 11.5 Å². The van der Waals surface area contributed by atoms with Gasteiger partial charge in [-0.15, -0.1) is 0 Å². The number of carbonyl (C=O) groups excluding carboxylic acids is 2. The van der Waals surface area contributed by atoms with E-state index in [2.05, 4.69) is 0 Å². The molecule has 0 radical (unpaired) electrons. The molecule has 0 spiro atoms. The van der Waals surface area contributed by atoms with E-state index in [4.69, 9.17) is 16.2 Å². The summed E-state index contributed by atoms with van der Waals surface area (Å²) in [5, 5.41) is 0. The number of nitrogens with zero attached hydrogens (tertiary/aromatic N) is 1. The SMILES string of the molecule is CC1CN(C(=O)C(N)CC(N)=O)CCCO1. The second-order valence-electron chi connectivity index (χ2n) is 4.10. The lowest BCUT2D eigenvalue weighted by Crippen LogP contribution is -2.47. The Morgan fingerprint density at radius 3 is 2.88 bits per heavy atom. The third kappa shape index (κ3) is 3.79. The molecule has 0 saturated carbocycles. The van der Waals surface area contributed by atoms with Crippen molar-refractivity contribution in [3.05, 3.63) is 0 Å². The number of amides is 2. The van der Waals surface area contributed by atoms with Gasteiger partial charge in [0, 0.05) is 19.7 Å². The molecule has 4 N–H and O–H groups in total. The number of rotatable bonds is 3. The van der Waals surface area contributed by atoms with Crippen LogP contribution >= 0.6 is 0 Å². The maximum Gasteiger partial charge on any atom is 0.240 e. The molecule has 16 heavy (non-hydrogen) atoms. The highest BCUT2D eigenvalue weighted by molar-refractivity contribution is 5.87. The van der Waals surface area contributed by atoms with Gasteiger partial charge in [0.2, 0.25) is 11.8 Å². The Kier molecular flexibility index (Phi) is 4.70. The maximum absolute atomic E-state index is 11.9. The minimum Gasteiger partial charge on any atom is -0.377 e. The second-order valence-corrected chi connectivity index (χ2v) is 4.10. The van der Waals surface area contributed by atoms with E-state index in [1.54, 1.807) is 4.90 Å². The van der Waals surface area contributed by atoms with Crippen LogP contribution in [0, 0.1) is 0 Å². The zero-order valence-electron chi connectivity index (χ0n) is 9.52. The van der Waals surface area contributed by atoms with Crippen molar-refractivity contribution in [3.8, 4) is 0 Å². The van der Waals surface area contributed by atoms with Crippen LogP contribution in [0.25, 0.3) is 0 Å². The quantitative estimate of drug-likeness (QED) is 0.636. The molecule has 1 aliphatic rings. The van der Waals surface area contributed by atoms with Crippen LogP contribution in [0.5, 0.6) is 0 Å². The molecule has 1 aliphatic heterocycles. The number of nitrogens with two attached hydrogens (primary N) is 2. The molecule has 1 heterocycles. The van der Waals surface area contributed by atoms with Crippen LogP contribution in [0.1, 0.15) is 19.8 Å². The molecule has 0 aromatic carbocycles. The van der Waals surface area contributed by atoms with Gasteiger partial charge in [0.25, 0.3) is 0 Å². The number of ether oxygens (including phenoxy) is 1. The number of carbonyl (C=O) groups is 2. The summed E-state index contributed by atoms with van der Waals surface area (Å²) in [6.45, 7) is 3.70. The van der Waals surface area contributed by atoms with Crippen molar-refractivity contribution in [2.45, 2.75) is 31.9 Å². The van der Waals surface area contributed by atoms with Crippen molar-refractivity contribution >= 4 is 11.8 Å². The van der Waals surface area contributed by atoms with Crippen molar-refractivity contribution in [1.82, 2.24) is 4.90 Å². The van der Waals surface area contributed by atoms with E-state index in [0.29, 0.717) is 19.7 Å². The molecule has 2 amide bonds. The summed E-state index contributed by atoms with van der Waals surface area (Å²) in [4.78, 5) is 24.2. The smallest absolute Gasteiger partial charge is 0.240 e. The number of primary amides is 1. The Balaban J connectivity index is 2.53.